The summed E-state index contributed by atoms with van der Waals surface area (Å²) in [4.78, 5) is 10.9. The van der Waals surface area contributed by atoms with E-state index in [-0.39, 0.29) is 11.8 Å². The van der Waals surface area contributed by atoms with Crippen molar-refractivity contribution < 1.29 is 4.79 Å². The molecule has 0 saturated carbocycles. The number of nitrogens with one attached hydrogen (secondary N) is 1. The Balaban J connectivity index is 2.31. The lowest BCUT2D eigenvalue weighted by Crippen LogP contribution is -2.30. The highest BCUT2D eigenvalue weighted by atomic mass is 16.1. The molecule has 0 aromatic rings. The molecule has 0 bridgehead atoms. The van der Waals surface area contributed by atoms with Crippen LogP contribution in [0.5, 0.6) is 0 Å². The molecule has 1 atom stereocenters. The number of hydrogen-bond acceptors (Lipinski definition) is 2. The maximum Gasteiger partial charge on any atom is 0.159 e. The van der Waals surface area contributed by atoms with Gasteiger partial charge >= 0.3 is 0 Å². The molecular formula is C9H8NO. The summed E-state index contributed by atoms with van der Waals surface area (Å²) in [5.41, 5.74) is 1.14. The molecule has 1 unspecified atom stereocenters. The van der Waals surface area contributed by atoms with Crippen molar-refractivity contribution in [2.45, 2.75) is 12.5 Å². The van der Waals surface area contributed by atoms with E-state index in [0.29, 0.717) is 6.42 Å². The smallest absolute Gasteiger partial charge is 0.159 e. The largest absolute Gasteiger partial charge is 0.373 e. The fourth-order valence-corrected chi connectivity index (χ4v) is 1.29. The van der Waals surface area contributed by atoms with Gasteiger partial charge in [0.05, 0.1) is 12.2 Å². The average Bonchev–Trinajstić information content (AvgIpc) is 2.04. The Morgan fingerprint density at radius 2 is 2.55 bits per heavy atom. The van der Waals surface area contributed by atoms with Gasteiger partial charge in [0.15, 0.2) is 5.78 Å². The molecule has 0 spiro atoms. The molecule has 1 heterocycles. The van der Waals surface area contributed by atoms with Crippen molar-refractivity contribution in [1.82, 2.24) is 5.32 Å². The van der Waals surface area contributed by atoms with Crippen LogP contribution >= 0.6 is 0 Å². The third-order valence-corrected chi connectivity index (χ3v) is 1.87. The van der Waals surface area contributed by atoms with Crippen molar-refractivity contribution >= 4 is 5.78 Å². The summed E-state index contributed by atoms with van der Waals surface area (Å²) in [5, 5.41) is 3.03. The van der Waals surface area contributed by atoms with Crippen molar-refractivity contribution in [1.29, 1.82) is 0 Å². The molecule has 0 aromatic carbocycles. The van der Waals surface area contributed by atoms with E-state index in [2.05, 4.69) is 11.5 Å². The highest BCUT2D eigenvalue weighted by Gasteiger charge is 2.18. The standard InChI is InChI=1S/C9H8NO/c11-8-3-4-9-7(6-8)2-1-5-10-9/h1-4,9-10H,6H2. The lowest BCUT2D eigenvalue weighted by molar-refractivity contribution is -0.114. The van der Waals surface area contributed by atoms with Gasteiger partial charge in [0.2, 0.25) is 0 Å². The van der Waals surface area contributed by atoms with Crippen LogP contribution < -0.4 is 5.32 Å². The second-order valence-corrected chi connectivity index (χ2v) is 2.68. The van der Waals surface area contributed by atoms with Crippen LogP contribution in [-0.2, 0) is 4.79 Å². The maximum atomic E-state index is 10.9. The third-order valence-electron chi connectivity index (χ3n) is 1.87. The Hall–Kier alpha value is -1.31. The summed E-state index contributed by atoms with van der Waals surface area (Å²) in [7, 11) is 0. The van der Waals surface area contributed by atoms with E-state index in [4.69, 9.17) is 0 Å². The van der Waals surface area contributed by atoms with Gasteiger partial charge in [0.25, 0.3) is 0 Å². The van der Waals surface area contributed by atoms with Crippen molar-refractivity contribution in [3.8, 4) is 0 Å². The van der Waals surface area contributed by atoms with E-state index < -0.39 is 0 Å². The molecule has 0 fully saturated rings. The number of allylic oxidation sites excluding steroid dienone is 3. The monoisotopic (exact) mass is 146 g/mol. The van der Waals surface area contributed by atoms with E-state index in [9.17, 15) is 4.79 Å². The number of dihydropyridines is 1. The Morgan fingerprint density at radius 1 is 1.64 bits per heavy atom. The Morgan fingerprint density at radius 3 is 3.45 bits per heavy atom. The molecule has 2 aliphatic rings. The summed E-state index contributed by atoms with van der Waals surface area (Å²) in [6, 6.07) is 0.206. The van der Waals surface area contributed by atoms with Crippen molar-refractivity contribution in [2.24, 2.45) is 0 Å². The van der Waals surface area contributed by atoms with Gasteiger partial charge in [-0.15, -0.1) is 0 Å². The van der Waals surface area contributed by atoms with E-state index in [1.165, 1.54) is 0 Å². The first-order chi connectivity index (χ1) is 5.36. The van der Waals surface area contributed by atoms with Crippen LogP contribution in [0, 0.1) is 6.20 Å². The number of carbonyl (C=O) groups excluding carboxylic acids is 1. The van der Waals surface area contributed by atoms with Gasteiger partial charge in [0, 0.05) is 6.42 Å². The molecule has 1 aliphatic carbocycles. The minimum Gasteiger partial charge on any atom is -0.373 e. The van der Waals surface area contributed by atoms with Gasteiger partial charge in [-0.3, -0.25) is 4.79 Å². The normalized spacial score (nSPS) is 27.5. The Labute approximate surface area is 65.3 Å². The summed E-state index contributed by atoms with van der Waals surface area (Å²) in [6.45, 7) is 0. The van der Waals surface area contributed by atoms with Crippen LogP contribution in [0.15, 0.2) is 29.9 Å². The van der Waals surface area contributed by atoms with Crippen LogP contribution in [0.1, 0.15) is 6.42 Å². The van der Waals surface area contributed by atoms with Crippen molar-refractivity contribution in [2.75, 3.05) is 0 Å². The number of ketones is 1. The predicted octanol–water partition coefficient (Wildman–Crippen LogP) is 0.730. The molecular weight excluding hydrogens is 138 g/mol. The van der Waals surface area contributed by atoms with E-state index in [1.54, 1.807) is 12.2 Å². The molecule has 1 aliphatic heterocycles. The first-order valence-electron chi connectivity index (χ1n) is 3.60. The van der Waals surface area contributed by atoms with Gasteiger partial charge in [-0.25, -0.2) is 0 Å². The topological polar surface area (TPSA) is 29.1 Å². The van der Waals surface area contributed by atoms with Crippen LogP contribution in [0.25, 0.3) is 0 Å². The fourth-order valence-electron chi connectivity index (χ4n) is 1.29. The predicted molar refractivity (Wildman–Crippen MR) is 41.6 cm³/mol. The zero-order valence-corrected chi connectivity index (χ0v) is 6.00. The average molecular weight is 146 g/mol. The molecule has 0 aromatic heterocycles. The summed E-state index contributed by atoms with van der Waals surface area (Å²) >= 11 is 0. The molecule has 1 N–H and O–H groups in total. The number of carbonyl (C=O) groups is 1. The van der Waals surface area contributed by atoms with E-state index in [0.717, 1.165) is 5.57 Å². The lowest BCUT2D eigenvalue weighted by Gasteiger charge is -2.21. The van der Waals surface area contributed by atoms with Crippen molar-refractivity contribution in [3.63, 3.8) is 0 Å². The molecule has 11 heavy (non-hydrogen) atoms. The van der Waals surface area contributed by atoms with Crippen molar-refractivity contribution in [3.05, 3.63) is 36.1 Å². The first kappa shape index (κ1) is 6.40. The Bertz CT molecular complexity index is 273. The van der Waals surface area contributed by atoms with Crippen LogP contribution in [0.2, 0.25) is 0 Å². The second kappa shape index (κ2) is 2.38. The van der Waals surface area contributed by atoms with Gasteiger partial charge in [0.1, 0.15) is 0 Å². The van der Waals surface area contributed by atoms with Gasteiger partial charge in [-0.2, -0.15) is 0 Å². The molecule has 0 amide bonds. The third kappa shape index (κ3) is 1.11. The molecule has 1 radical (unpaired) electrons. The highest BCUT2D eigenvalue weighted by Crippen LogP contribution is 2.17. The minimum absolute atomic E-state index is 0.185. The summed E-state index contributed by atoms with van der Waals surface area (Å²) in [6.07, 6.45) is 10.7. The number of rotatable bonds is 0. The zero-order valence-electron chi connectivity index (χ0n) is 6.00. The molecule has 2 heteroatoms. The van der Waals surface area contributed by atoms with Gasteiger partial charge < -0.3 is 5.32 Å². The second-order valence-electron chi connectivity index (χ2n) is 2.68. The lowest BCUT2D eigenvalue weighted by atomic mass is 9.94. The minimum atomic E-state index is 0.185. The number of fused-ring (bicyclic) bond motifs is 1. The van der Waals surface area contributed by atoms with Crippen LogP contribution in [0.4, 0.5) is 0 Å². The van der Waals surface area contributed by atoms with Crippen LogP contribution in [0.3, 0.4) is 0 Å². The van der Waals surface area contributed by atoms with Gasteiger partial charge in [-0.1, -0.05) is 12.2 Å². The van der Waals surface area contributed by atoms with E-state index in [1.807, 2.05) is 12.2 Å². The van der Waals surface area contributed by atoms with Crippen LogP contribution in [-0.4, -0.2) is 11.8 Å². The molecule has 0 saturated heterocycles. The first-order valence-corrected chi connectivity index (χ1v) is 3.60. The number of hydrogen-bond donors (Lipinski definition) is 1. The fraction of sp³-hybridized carbons (Fsp3) is 0.222. The zero-order chi connectivity index (χ0) is 7.68. The molecule has 2 nitrogen and oxygen atoms in total. The molecule has 2 rings (SSSR count). The SMILES string of the molecule is O=C1C=CC2N[C]=CC=C2C1. The summed E-state index contributed by atoms with van der Waals surface area (Å²) < 4.78 is 0. The highest BCUT2D eigenvalue weighted by molar-refractivity contribution is 5.93. The quantitative estimate of drug-likeness (QED) is 0.546. The maximum absolute atomic E-state index is 10.9. The van der Waals surface area contributed by atoms with Gasteiger partial charge in [-0.05, 0) is 17.7 Å². The van der Waals surface area contributed by atoms with E-state index >= 15 is 0 Å². The Kier molecular flexibility index (Phi) is 1.39. The summed E-state index contributed by atoms with van der Waals surface area (Å²) in [5.74, 6) is 0.185. The molecule has 55 valence electrons.